The third-order valence-corrected chi connectivity index (χ3v) is 5.32. The number of hydrogen-bond donors (Lipinski definition) is 2. The van der Waals surface area contributed by atoms with Crippen LogP contribution in [-0.4, -0.2) is 11.8 Å². The molecule has 0 aliphatic heterocycles. The Morgan fingerprint density at radius 3 is 2.04 bits per heavy atom. The van der Waals surface area contributed by atoms with E-state index in [1.807, 2.05) is 48.5 Å². The van der Waals surface area contributed by atoms with Crippen LogP contribution in [0.4, 0.5) is 11.4 Å². The van der Waals surface area contributed by atoms with E-state index >= 15 is 0 Å². The number of rotatable bonds is 5. The maximum Gasteiger partial charge on any atom is 0.228 e. The quantitative estimate of drug-likeness (QED) is 0.740. The predicted molar refractivity (Wildman–Crippen MR) is 115 cm³/mol. The lowest BCUT2D eigenvalue weighted by Gasteiger charge is -2.19. The van der Waals surface area contributed by atoms with Crippen molar-refractivity contribution in [2.24, 2.45) is 11.8 Å². The van der Waals surface area contributed by atoms with E-state index in [-0.39, 0.29) is 29.1 Å². The molecule has 1 aliphatic carbocycles. The summed E-state index contributed by atoms with van der Waals surface area (Å²) in [6.45, 7) is 10.7. The number of carbonyl (C=O) groups is 2. The molecule has 0 bridgehead atoms. The Hall–Kier alpha value is -2.62. The molecule has 0 spiro atoms. The Morgan fingerprint density at radius 1 is 0.893 bits per heavy atom. The topological polar surface area (TPSA) is 58.2 Å². The van der Waals surface area contributed by atoms with Crippen molar-refractivity contribution in [3.8, 4) is 0 Å². The third kappa shape index (κ3) is 4.61. The zero-order valence-electron chi connectivity index (χ0n) is 17.4. The van der Waals surface area contributed by atoms with E-state index < -0.39 is 0 Å². The zero-order chi connectivity index (χ0) is 20.5. The van der Waals surface area contributed by atoms with E-state index in [2.05, 4.69) is 45.3 Å². The molecule has 0 aromatic heterocycles. The van der Waals surface area contributed by atoms with Crippen LogP contribution in [0.3, 0.4) is 0 Å². The normalized spacial score (nSPS) is 18.6. The number of benzene rings is 2. The van der Waals surface area contributed by atoms with Crippen molar-refractivity contribution in [1.29, 1.82) is 0 Å². The molecular formula is C24H30N2O2. The van der Waals surface area contributed by atoms with Crippen molar-refractivity contribution in [3.63, 3.8) is 0 Å². The molecule has 1 fully saturated rings. The molecule has 4 nitrogen and oxygen atoms in total. The second-order valence-corrected chi connectivity index (χ2v) is 9.00. The van der Waals surface area contributed by atoms with Crippen LogP contribution in [0.25, 0.3) is 0 Å². The summed E-state index contributed by atoms with van der Waals surface area (Å²) in [7, 11) is 0. The first-order valence-electron chi connectivity index (χ1n) is 9.98. The summed E-state index contributed by atoms with van der Waals surface area (Å²) in [4.78, 5) is 25.1. The molecule has 28 heavy (non-hydrogen) atoms. The van der Waals surface area contributed by atoms with Crippen molar-refractivity contribution in [3.05, 3.63) is 59.7 Å². The van der Waals surface area contributed by atoms with Gasteiger partial charge in [0.15, 0.2) is 0 Å². The first-order valence-corrected chi connectivity index (χ1v) is 9.98. The molecule has 1 aliphatic rings. The fourth-order valence-electron chi connectivity index (χ4n) is 3.40. The number of carbonyl (C=O) groups excluding carboxylic acids is 2. The molecule has 0 radical (unpaired) electrons. The summed E-state index contributed by atoms with van der Waals surface area (Å²) in [6, 6.07) is 15.8. The molecule has 3 rings (SSSR count). The summed E-state index contributed by atoms with van der Waals surface area (Å²) in [5.41, 5.74) is 4.02. The predicted octanol–water partition coefficient (Wildman–Crippen LogP) is 5.32. The monoisotopic (exact) mass is 378 g/mol. The van der Waals surface area contributed by atoms with Crippen LogP contribution in [0.5, 0.6) is 0 Å². The van der Waals surface area contributed by atoms with Crippen molar-refractivity contribution >= 4 is 23.2 Å². The fourth-order valence-corrected chi connectivity index (χ4v) is 3.40. The molecule has 2 unspecified atom stereocenters. The van der Waals surface area contributed by atoms with Gasteiger partial charge in [0.2, 0.25) is 11.8 Å². The number of hydrogen-bond acceptors (Lipinski definition) is 2. The zero-order valence-corrected chi connectivity index (χ0v) is 17.4. The van der Waals surface area contributed by atoms with Crippen LogP contribution in [0.15, 0.2) is 48.5 Å². The molecule has 2 atom stereocenters. The molecule has 0 saturated heterocycles. The number of anilines is 2. The van der Waals surface area contributed by atoms with Crippen LogP contribution < -0.4 is 10.6 Å². The van der Waals surface area contributed by atoms with Gasteiger partial charge in [0.1, 0.15) is 0 Å². The Morgan fingerprint density at radius 2 is 1.46 bits per heavy atom. The highest BCUT2D eigenvalue weighted by Crippen LogP contribution is 2.40. The van der Waals surface area contributed by atoms with E-state index in [1.54, 1.807) is 0 Å². The molecule has 2 aromatic rings. The van der Waals surface area contributed by atoms with Crippen molar-refractivity contribution in [1.82, 2.24) is 0 Å². The van der Waals surface area contributed by atoms with Crippen LogP contribution in [0.2, 0.25) is 0 Å². The Labute approximate surface area is 167 Å². The molecule has 2 amide bonds. The SMILES string of the molecule is CC(C)c1ccccc1NC(=O)C1CC1C(=O)Nc1ccc(C(C)(C)C)cc1. The molecule has 2 N–H and O–H groups in total. The van der Waals surface area contributed by atoms with Gasteiger partial charge in [0, 0.05) is 11.4 Å². The maximum atomic E-state index is 12.6. The fraction of sp³-hybridized carbons (Fsp3) is 0.417. The van der Waals surface area contributed by atoms with Gasteiger partial charge in [-0.2, -0.15) is 0 Å². The smallest absolute Gasteiger partial charge is 0.228 e. The first-order chi connectivity index (χ1) is 13.2. The molecule has 1 saturated carbocycles. The van der Waals surface area contributed by atoms with Crippen LogP contribution in [0, 0.1) is 11.8 Å². The summed E-state index contributed by atoms with van der Waals surface area (Å²) < 4.78 is 0. The summed E-state index contributed by atoms with van der Waals surface area (Å²) in [5, 5.41) is 5.95. The molecular weight excluding hydrogens is 348 g/mol. The van der Waals surface area contributed by atoms with Gasteiger partial charge in [-0.1, -0.05) is 65.0 Å². The lowest BCUT2D eigenvalue weighted by molar-refractivity contribution is -0.122. The van der Waals surface area contributed by atoms with Gasteiger partial charge in [0.25, 0.3) is 0 Å². The summed E-state index contributed by atoms with van der Waals surface area (Å²) in [5.74, 6) is -0.342. The van der Waals surface area contributed by atoms with Gasteiger partial charge in [-0.15, -0.1) is 0 Å². The highest BCUT2D eigenvalue weighted by molar-refractivity contribution is 6.03. The highest BCUT2D eigenvalue weighted by Gasteiger charge is 2.48. The van der Waals surface area contributed by atoms with Crippen molar-refractivity contribution < 1.29 is 9.59 Å². The Balaban J connectivity index is 1.58. The highest BCUT2D eigenvalue weighted by atomic mass is 16.2. The number of nitrogens with one attached hydrogen (secondary N) is 2. The van der Waals surface area contributed by atoms with Crippen LogP contribution in [0.1, 0.15) is 58.1 Å². The Kier molecular flexibility index (Phi) is 5.59. The lowest BCUT2D eigenvalue weighted by atomic mass is 9.87. The van der Waals surface area contributed by atoms with Gasteiger partial charge in [-0.25, -0.2) is 0 Å². The van der Waals surface area contributed by atoms with E-state index in [9.17, 15) is 9.59 Å². The summed E-state index contributed by atoms with van der Waals surface area (Å²) in [6.07, 6.45) is 0.599. The molecule has 2 aromatic carbocycles. The van der Waals surface area contributed by atoms with Crippen LogP contribution in [-0.2, 0) is 15.0 Å². The van der Waals surface area contributed by atoms with Gasteiger partial charge >= 0.3 is 0 Å². The minimum atomic E-state index is -0.256. The van der Waals surface area contributed by atoms with Gasteiger partial charge < -0.3 is 10.6 Å². The molecule has 148 valence electrons. The minimum absolute atomic E-state index is 0.0728. The number of amides is 2. The van der Waals surface area contributed by atoms with E-state index in [1.165, 1.54) is 5.56 Å². The Bertz CT molecular complexity index is 863. The lowest BCUT2D eigenvalue weighted by Crippen LogP contribution is -2.21. The second-order valence-electron chi connectivity index (χ2n) is 9.00. The maximum absolute atomic E-state index is 12.6. The van der Waals surface area contributed by atoms with Gasteiger partial charge in [-0.3, -0.25) is 9.59 Å². The summed E-state index contributed by atoms with van der Waals surface area (Å²) >= 11 is 0. The van der Waals surface area contributed by atoms with E-state index in [0.717, 1.165) is 16.9 Å². The first kappa shape index (κ1) is 20.1. The van der Waals surface area contributed by atoms with Crippen molar-refractivity contribution in [2.75, 3.05) is 10.6 Å². The largest absolute Gasteiger partial charge is 0.326 e. The van der Waals surface area contributed by atoms with Gasteiger partial charge in [0.05, 0.1) is 11.8 Å². The third-order valence-electron chi connectivity index (χ3n) is 5.32. The van der Waals surface area contributed by atoms with E-state index in [0.29, 0.717) is 12.3 Å². The molecule has 0 heterocycles. The standard InChI is InChI=1S/C24H30N2O2/c1-15(2)18-8-6-7-9-21(18)26-23(28)20-14-19(20)22(27)25-17-12-10-16(11-13-17)24(3,4)5/h6-13,15,19-20H,14H2,1-5H3,(H,25,27)(H,26,28). The van der Waals surface area contributed by atoms with E-state index in [4.69, 9.17) is 0 Å². The van der Waals surface area contributed by atoms with Gasteiger partial charge in [-0.05, 0) is 47.1 Å². The second kappa shape index (κ2) is 7.78. The minimum Gasteiger partial charge on any atom is -0.326 e. The van der Waals surface area contributed by atoms with Crippen LogP contribution >= 0.6 is 0 Å². The van der Waals surface area contributed by atoms with Crippen molar-refractivity contribution in [2.45, 2.75) is 52.4 Å². The average Bonchev–Trinajstić information content (AvgIpc) is 3.43. The average molecular weight is 379 g/mol. The molecule has 4 heteroatoms. The number of para-hydroxylation sites is 1.